The fraction of sp³-hybridized carbons (Fsp3) is 0.410. The Morgan fingerprint density at radius 2 is 1.45 bits per heavy atom. The first-order valence-electron chi connectivity index (χ1n) is 18.3. The number of amides is 1. The van der Waals surface area contributed by atoms with Crippen LogP contribution in [0, 0.1) is 6.92 Å². The van der Waals surface area contributed by atoms with E-state index >= 15 is 0 Å². The number of phenols is 3. The van der Waals surface area contributed by atoms with Crippen LogP contribution in [0.15, 0.2) is 24.3 Å². The highest BCUT2D eigenvalue weighted by Gasteiger charge is 2.51. The molecule has 4 aliphatic rings. The van der Waals surface area contributed by atoms with Gasteiger partial charge < -0.3 is 80.1 Å². The summed E-state index contributed by atoms with van der Waals surface area (Å²) in [5.74, 6) is -8.29. The monoisotopic (exact) mass is 841 g/mol. The Morgan fingerprint density at radius 1 is 0.817 bits per heavy atom. The molecular formula is C39H39NO20. The molecule has 7 rings (SSSR count). The van der Waals surface area contributed by atoms with Crippen LogP contribution in [0.3, 0.4) is 0 Å². The highest BCUT2D eigenvalue weighted by molar-refractivity contribution is 6.31. The molecule has 2 saturated heterocycles. The third kappa shape index (κ3) is 6.74. The first-order valence-corrected chi connectivity index (χ1v) is 18.3. The number of aliphatic hydroxyl groups is 6. The predicted molar refractivity (Wildman–Crippen MR) is 194 cm³/mol. The van der Waals surface area contributed by atoms with Crippen LogP contribution < -0.4 is 10.1 Å². The molecule has 3 aromatic carbocycles. The number of hydrogen-bond donors (Lipinski definition) is 11. The fourth-order valence-corrected chi connectivity index (χ4v) is 7.84. The van der Waals surface area contributed by atoms with Gasteiger partial charge in [-0.1, -0.05) is 6.07 Å². The number of aliphatic carboxylic acids is 1. The zero-order valence-electron chi connectivity index (χ0n) is 31.6. The quantitative estimate of drug-likeness (QED) is 0.0898. The van der Waals surface area contributed by atoms with Crippen molar-refractivity contribution in [2.45, 2.75) is 81.3 Å². The first kappa shape index (κ1) is 42.5. The van der Waals surface area contributed by atoms with Crippen molar-refractivity contribution in [3.8, 4) is 34.1 Å². The number of fused-ring (bicyclic) bond motifs is 5. The lowest BCUT2D eigenvalue weighted by molar-refractivity contribution is -0.319. The number of nitrogens with one attached hydrogen (secondary N) is 1. The summed E-state index contributed by atoms with van der Waals surface area (Å²) in [6, 6.07) is 2.57. The maximum Gasteiger partial charge on any atom is 0.328 e. The van der Waals surface area contributed by atoms with Gasteiger partial charge >= 0.3 is 5.97 Å². The van der Waals surface area contributed by atoms with Crippen molar-refractivity contribution in [2.75, 3.05) is 20.3 Å². The number of ether oxygens (including phenoxy) is 5. The van der Waals surface area contributed by atoms with E-state index in [-0.39, 0.29) is 22.4 Å². The second-order valence-electron chi connectivity index (χ2n) is 14.6. The molecule has 1 amide bonds. The smallest absolute Gasteiger partial charge is 0.328 e. The lowest BCUT2D eigenvalue weighted by Gasteiger charge is -2.43. The molecule has 2 aliphatic heterocycles. The molecule has 3 aromatic rings. The van der Waals surface area contributed by atoms with Crippen LogP contribution in [0.4, 0.5) is 0 Å². The Hall–Kier alpha value is -5.59. The maximum absolute atomic E-state index is 14.0. The van der Waals surface area contributed by atoms with Gasteiger partial charge in [-0.05, 0) is 42.7 Å². The summed E-state index contributed by atoms with van der Waals surface area (Å²) in [4.78, 5) is 66.5. The lowest BCUT2D eigenvalue weighted by Crippen LogP contribution is -2.61. The number of Topliss-reactive ketones (excluding diaryl/α,β-unsaturated/α-hetero) is 1. The summed E-state index contributed by atoms with van der Waals surface area (Å²) >= 11 is 0. The number of hydrogen-bond acceptors (Lipinski definition) is 19. The van der Waals surface area contributed by atoms with Crippen LogP contribution >= 0.6 is 0 Å². The maximum atomic E-state index is 14.0. The molecule has 21 nitrogen and oxygen atoms in total. The van der Waals surface area contributed by atoms with E-state index in [9.17, 15) is 75.0 Å². The van der Waals surface area contributed by atoms with Crippen LogP contribution in [-0.4, -0.2) is 156 Å². The Morgan fingerprint density at radius 3 is 2.10 bits per heavy atom. The third-order valence-corrected chi connectivity index (χ3v) is 10.9. The molecule has 0 spiro atoms. The molecule has 2 fully saturated rings. The van der Waals surface area contributed by atoms with E-state index in [0.717, 1.165) is 18.2 Å². The standard InChI is InChI=1S/C39H39NO20/c1-10-4-16-23(30(49)20(10)36(53)40-17(8-41)37(54)55)22-14(7-15-24(31(22)50)27(46)13-5-12(56-3)6-18(42)21(13)26(15)45)28(47)34(16)59-39-33(52)35(25(44)11(2)58-39)60-38-32(51)29(48)19(43)9-57-38/h4-7,11,17,19,28-29,32-35,38-39,41-43,47-52H,8-9H2,1-3H3,(H,40,53)(H,54,55)/t11-,17-,19-,28+,29+,32-,33-,34+,35+,38+,39+/m1/s1. The van der Waals surface area contributed by atoms with Crippen molar-refractivity contribution in [1.82, 2.24) is 5.32 Å². The zero-order valence-corrected chi connectivity index (χ0v) is 31.6. The number of benzene rings is 3. The summed E-state index contributed by atoms with van der Waals surface area (Å²) < 4.78 is 27.8. The number of aliphatic hydroxyl groups excluding tert-OH is 6. The molecular weight excluding hydrogens is 802 g/mol. The minimum Gasteiger partial charge on any atom is -0.507 e. The van der Waals surface area contributed by atoms with Crippen molar-refractivity contribution in [1.29, 1.82) is 0 Å². The Kier molecular flexibility index (Phi) is 11.2. The molecule has 11 N–H and O–H groups in total. The van der Waals surface area contributed by atoms with Gasteiger partial charge in [-0.25, -0.2) is 4.79 Å². The predicted octanol–water partition coefficient (Wildman–Crippen LogP) is -1.66. The molecule has 2 heterocycles. The SMILES string of the molecule is COc1cc(O)c2c(c1)C(=O)c1c(cc3c(c1O)-c1c(cc(C)c(C(=O)N[C@H](CO)C(=O)O)c1O)[C@H](O[C@@H]1O[C@H](C)C(=O)[C@H](O[C@@H]4OC[C@@H](O)[C@H](O)[C@H]4O)[C@H]1O)[C@H]3O)C2=O. The van der Waals surface area contributed by atoms with Crippen LogP contribution in [-0.2, 0) is 28.5 Å². The van der Waals surface area contributed by atoms with E-state index in [0.29, 0.717) is 0 Å². The minimum absolute atomic E-state index is 0.0185. The molecule has 2 aliphatic carbocycles. The highest BCUT2D eigenvalue weighted by atomic mass is 16.7. The van der Waals surface area contributed by atoms with E-state index in [1.165, 1.54) is 27.0 Å². The zero-order chi connectivity index (χ0) is 43.8. The average molecular weight is 842 g/mol. The van der Waals surface area contributed by atoms with E-state index in [2.05, 4.69) is 5.32 Å². The second-order valence-corrected chi connectivity index (χ2v) is 14.6. The molecule has 0 saturated carbocycles. The van der Waals surface area contributed by atoms with Gasteiger partial charge in [0, 0.05) is 28.3 Å². The van der Waals surface area contributed by atoms with Gasteiger partial charge in [-0.3, -0.25) is 19.2 Å². The van der Waals surface area contributed by atoms with Gasteiger partial charge in [-0.15, -0.1) is 0 Å². The summed E-state index contributed by atoms with van der Waals surface area (Å²) in [6.45, 7) is 0.989. The van der Waals surface area contributed by atoms with Crippen molar-refractivity contribution in [3.63, 3.8) is 0 Å². The summed E-state index contributed by atoms with van der Waals surface area (Å²) in [5, 5.41) is 110. The van der Waals surface area contributed by atoms with Crippen LogP contribution in [0.5, 0.6) is 23.0 Å². The van der Waals surface area contributed by atoms with Crippen LogP contribution in [0.25, 0.3) is 11.1 Å². The van der Waals surface area contributed by atoms with Gasteiger partial charge in [-0.2, -0.15) is 0 Å². The van der Waals surface area contributed by atoms with Crippen molar-refractivity contribution < 1.29 is 98.7 Å². The van der Waals surface area contributed by atoms with Gasteiger partial charge in [0.2, 0.25) is 0 Å². The van der Waals surface area contributed by atoms with E-state index in [4.69, 9.17) is 23.7 Å². The summed E-state index contributed by atoms with van der Waals surface area (Å²) in [7, 11) is 1.24. The topological polar surface area (TPSA) is 346 Å². The largest absolute Gasteiger partial charge is 0.507 e. The van der Waals surface area contributed by atoms with Crippen molar-refractivity contribution in [2.24, 2.45) is 0 Å². The van der Waals surface area contributed by atoms with Gasteiger partial charge in [0.1, 0.15) is 65.7 Å². The molecule has 11 atom stereocenters. The average Bonchev–Trinajstić information content (AvgIpc) is 3.20. The lowest BCUT2D eigenvalue weighted by atomic mass is 9.74. The van der Waals surface area contributed by atoms with Gasteiger partial charge in [0.05, 0.1) is 37.0 Å². The number of carbonyl (C=O) groups is 5. The summed E-state index contributed by atoms with van der Waals surface area (Å²) in [5.41, 5.74) is -4.26. The first-order chi connectivity index (χ1) is 28.3. The van der Waals surface area contributed by atoms with Crippen molar-refractivity contribution in [3.05, 3.63) is 68.8 Å². The number of carbonyl (C=O) groups excluding carboxylic acids is 4. The highest BCUT2D eigenvalue weighted by Crippen LogP contribution is 2.57. The molecule has 60 heavy (non-hydrogen) atoms. The van der Waals surface area contributed by atoms with E-state index < -0.39 is 166 Å². The number of aryl methyl sites for hydroxylation is 1. The molecule has 0 bridgehead atoms. The molecule has 0 radical (unpaired) electrons. The van der Waals surface area contributed by atoms with Crippen LogP contribution in [0.2, 0.25) is 0 Å². The number of rotatable bonds is 9. The number of carboxylic acids is 1. The van der Waals surface area contributed by atoms with E-state index in [1.807, 2.05) is 0 Å². The fourth-order valence-electron chi connectivity index (χ4n) is 7.84. The number of carboxylic acid groups (broad SMARTS) is 1. The molecule has 320 valence electrons. The number of methoxy groups -OCH3 is 1. The summed E-state index contributed by atoms with van der Waals surface area (Å²) in [6.07, 6.45) is -17.9. The third-order valence-electron chi connectivity index (χ3n) is 10.9. The Labute approximate surface area is 337 Å². The normalized spacial score (nSPS) is 28.9. The molecule has 21 heteroatoms. The molecule has 0 unspecified atom stereocenters. The van der Waals surface area contributed by atoms with Gasteiger partial charge in [0.25, 0.3) is 5.91 Å². The van der Waals surface area contributed by atoms with E-state index in [1.54, 1.807) is 0 Å². The number of aromatic hydroxyl groups is 3. The molecule has 0 aromatic heterocycles. The van der Waals surface area contributed by atoms with Crippen molar-refractivity contribution >= 4 is 29.2 Å². The number of phenolic OH excluding ortho intramolecular Hbond substituents is 3. The Balaban J connectivity index is 1.37. The minimum atomic E-state index is -2.08. The van der Waals surface area contributed by atoms with Gasteiger partial charge in [0.15, 0.2) is 42.1 Å². The number of ketones is 3. The van der Waals surface area contributed by atoms with Crippen LogP contribution in [0.1, 0.15) is 78.0 Å². The second kappa shape index (κ2) is 15.8. The Bertz CT molecular complexity index is 2330.